The highest BCUT2D eigenvalue weighted by Crippen LogP contribution is 2.06. The minimum Gasteiger partial charge on any atom is -0.455 e. The molecule has 0 amide bonds. The maximum absolute atomic E-state index is 11.6. The Morgan fingerprint density at radius 1 is 1.07 bits per heavy atom. The number of hydrogen-bond acceptors (Lipinski definition) is 5. The summed E-state index contributed by atoms with van der Waals surface area (Å²) >= 11 is 0. The van der Waals surface area contributed by atoms with E-state index in [9.17, 15) is 14.4 Å². The maximum atomic E-state index is 11.6. The lowest BCUT2D eigenvalue weighted by Crippen LogP contribution is -2.35. The molecule has 2 unspecified atom stereocenters. The van der Waals surface area contributed by atoms with Crippen LogP contribution >= 0.6 is 0 Å². The Labute approximate surface area is 88.7 Å². The number of hydrogen-bond donors (Lipinski definition) is 0. The first-order chi connectivity index (χ1) is 6.88. The summed E-state index contributed by atoms with van der Waals surface area (Å²) in [7, 11) is 0. The van der Waals surface area contributed by atoms with Crippen LogP contribution in [0.25, 0.3) is 0 Å². The van der Waals surface area contributed by atoms with Crippen LogP contribution in [0.2, 0.25) is 0 Å². The number of ketones is 1. The molecule has 0 spiro atoms. The Hall–Kier alpha value is -1.39. The van der Waals surface area contributed by atoms with Crippen molar-refractivity contribution in [3.8, 4) is 0 Å². The number of carbonyl (C=O) groups excluding carboxylic acids is 3. The highest BCUT2D eigenvalue weighted by Gasteiger charge is 2.26. The Morgan fingerprint density at radius 2 is 1.53 bits per heavy atom. The molecule has 0 aliphatic carbocycles. The molecule has 86 valence electrons. The van der Waals surface area contributed by atoms with Gasteiger partial charge >= 0.3 is 11.9 Å². The van der Waals surface area contributed by atoms with Gasteiger partial charge in [0.2, 0.25) is 5.78 Å². The van der Waals surface area contributed by atoms with Gasteiger partial charge in [-0.3, -0.25) is 14.4 Å². The van der Waals surface area contributed by atoms with Gasteiger partial charge in [-0.2, -0.15) is 0 Å². The summed E-state index contributed by atoms with van der Waals surface area (Å²) in [6.45, 7) is 5.62. The monoisotopic (exact) mass is 216 g/mol. The van der Waals surface area contributed by atoms with Crippen molar-refractivity contribution in [2.24, 2.45) is 0 Å². The summed E-state index contributed by atoms with van der Waals surface area (Å²) in [6, 6.07) is 0. The predicted octanol–water partition coefficient (Wildman–Crippen LogP) is 0.849. The van der Waals surface area contributed by atoms with Crippen LogP contribution in [0.15, 0.2) is 0 Å². The van der Waals surface area contributed by atoms with E-state index in [1.165, 1.54) is 20.8 Å². The van der Waals surface area contributed by atoms with Gasteiger partial charge in [-0.05, 0) is 13.3 Å². The summed E-state index contributed by atoms with van der Waals surface area (Å²) in [5.41, 5.74) is 0. The quantitative estimate of drug-likeness (QED) is 0.637. The smallest absolute Gasteiger partial charge is 0.303 e. The molecule has 0 radical (unpaired) electrons. The molecule has 0 bridgehead atoms. The zero-order valence-corrected chi connectivity index (χ0v) is 9.40. The number of rotatable bonds is 5. The van der Waals surface area contributed by atoms with E-state index in [1.807, 2.05) is 0 Å². The fourth-order valence-corrected chi connectivity index (χ4v) is 1.11. The highest BCUT2D eigenvalue weighted by atomic mass is 16.6. The van der Waals surface area contributed by atoms with E-state index in [4.69, 9.17) is 9.47 Å². The molecule has 0 rings (SSSR count). The molecule has 0 heterocycles. The van der Waals surface area contributed by atoms with Gasteiger partial charge < -0.3 is 9.47 Å². The van der Waals surface area contributed by atoms with Crippen LogP contribution in [0.5, 0.6) is 0 Å². The van der Waals surface area contributed by atoms with Gasteiger partial charge in [0.25, 0.3) is 0 Å². The number of carbonyl (C=O) groups is 3. The fraction of sp³-hybridized carbons (Fsp3) is 0.700. The third-order valence-electron chi connectivity index (χ3n) is 1.74. The van der Waals surface area contributed by atoms with Crippen LogP contribution in [0.3, 0.4) is 0 Å². The molecule has 0 saturated heterocycles. The van der Waals surface area contributed by atoms with Crippen LogP contribution < -0.4 is 0 Å². The molecule has 0 aliphatic rings. The van der Waals surface area contributed by atoms with E-state index in [-0.39, 0.29) is 0 Å². The zero-order chi connectivity index (χ0) is 12.0. The van der Waals surface area contributed by atoms with Crippen LogP contribution in [-0.2, 0) is 23.9 Å². The Bertz CT molecular complexity index is 259. The van der Waals surface area contributed by atoms with E-state index in [2.05, 4.69) is 0 Å². The Kier molecular flexibility index (Phi) is 5.59. The molecule has 0 fully saturated rings. The zero-order valence-electron chi connectivity index (χ0n) is 9.40. The molecular weight excluding hydrogens is 200 g/mol. The summed E-state index contributed by atoms with van der Waals surface area (Å²) in [4.78, 5) is 32.9. The average Bonchev–Trinajstić information content (AvgIpc) is 2.11. The van der Waals surface area contributed by atoms with Gasteiger partial charge in [0.1, 0.15) is 0 Å². The van der Waals surface area contributed by atoms with Gasteiger partial charge in [0.05, 0.1) is 0 Å². The normalized spacial score (nSPS) is 13.9. The second-order valence-corrected chi connectivity index (χ2v) is 3.16. The number of ether oxygens (including phenoxy) is 2. The van der Waals surface area contributed by atoms with Crippen molar-refractivity contribution < 1.29 is 23.9 Å². The topological polar surface area (TPSA) is 69.7 Å². The van der Waals surface area contributed by atoms with Gasteiger partial charge in [0, 0.05) is 13.8 Å². The van der Waals surface area contributed by atoms with Crippen LogP contribution in [0.4, 0.5) is 0 Å². The predicted molar refractivity (Wildman–Crippen MR) is 52.1 cm³/mol. The van der Waals surface area contributed by atoms with Gasteiger partial charge in [-0.15, -0.1) is 0 Å². The molecule has 0 aromatic carbocycles. The number of Topliss-reactive ketones (excluding diaryl/α,β-unsaturated/α-hetero) is 1. The van der Waals surface area contributed by atoms with Gasteiger partial charge in [0.15, 0.2) is 12.2 Å². The van der Waals surface area contributed by atoms with Crippen LogP contribution in [0.1, 0.15) is 34.1 Å². The first-order valence-electron chi connectivity index (χ1n) is 4.76. The van der Waals surface area contributed by atoms with Gasteiger partial charge in [-0.25, -0.2) is 0 Å². The second kappa shape index (κ2) is 6.16. The molecule has 0 aromatic rings. The van der Waals surface area contributed by atoms with Crippen molar-refractivity contribution in [1.29, 1.82) is 0 Å². The van der Waals surface area contributed by atoms with E-state index in [0.29, 0.717) is 6.42 Å². The molecule has 15 heavy (non-hydrogen) atoms. The Morgan fingerprint density at radius 3 is 1.87 bits per heavy atom. The molecule has 2 atom stereocenters. The third kappa shape index (κ3) is 5.15. The lowest BCUT2D eigenvalue weighted by Gasteiger charge is -2.17. The minimum atomic E-state index is -0.883. The fourth-order valence-electron chi connectivity index (χ4n) is 1.11. The van der Waals surface area contributed by atoms with Crippen molar-refractivity contribution in [3.05, 3.63) is 0 Å². The average molecular weight is 216 g/mol. The first kappa shape index (κ1) is 13.6. The molecule has 5 nitrogen and oxygen atoms in total. The SMILES string of the molecule is CCC(OC(C)=O)C(=O)C(C)OC(C)=O. The van der Waals surface area contributed by atoms with Crippen LogP contribution in [-0.4, -0.2) is 29.9 Å². The van der Waals surface area contributed by atoms with E-state index in [1.54, 1.807) is 6.92 Å². The van der Waals surface area contributed by atoms with Crippen molar-refractivity contribution >= 4 is 17.7 Å². The molecule has 0 aliphatic heterocycles. The van der Waals surface area contributed by atoms with E-state index >= 15 is 0 Å². The summed E-state index contributed by atoms with van der Waals surface area (Å²) in [5, 5.41) is 0. The van der Waals surface area contributed by atoms with E-state index < -0.39 is 29.9 Å². The summed E-state index contributed by atoms with van der Waals surface area (Å²) in [5.74, 6) is -1.46. The number of esters is 2. The molecule has 0 saturated carbocycles. The van der Waals surface area contributed by atoms with E-state index in [0.717, 1.165) is 0 Å². The van der Waals surface area contributed by atoms with Crippen LogP contribution in [0, 0.1) is 0 Å². The molecule has 0 aromatic heterocycles. The molecule has 0 N–H and O–H groups in total. The standard InChI is InChI=1S/C10H16O5/c1-5-9(15-8(4)12)10(13)6(2)14-7(3)11/h6,9H,5H2,1-4H3. The summed E-state index contributed by atoms with van der Waals surface area (Å²) in [6.07, 6.45) is -1.35. The Balaban J connectivity index is 4.36. The lowest BCUT2D eigenvalue weighted by molar-refractivity contribution is -0.161. The largest absolute Gasteiger partial charge is 0.455 e. The van der Waals surface area contributed by atoms with Crippen molar-refractivity contribution in [1.82, 2.24) is 0 Å². The summed E-state index contributed by atoms with van der Waals surface area (Å²) < 4.78 is 9.48. The lowest BCUT2D eigenvalue weighted by atomic mass is 10.1. The highest BCUT2D eigenvalue weighted by molar-refractivity contribution is 5.90. The van der Waals surface area contributed by atoms with Crippen molar-refractivity contribution in [2.75, 3.05) is 0 Å². The van der Waals surface area contributed by atoms with Crippen molar-refractivity contribution in [2.45, 2.75) is 46.3 Å². The minimum absolute atomic E-state index is 0.365. The van der Waals surface area contributed by atoms with Gasteiger partial charge in [-0.1, -0.05) is 6.92 Å². The second-order valence-electron chi connectivity index (χ2n) is 3.16. The molecule has 5 heteroatoms. The molecular formula is C10H16O5. The van der Waals surface area contributed by atoms with Crippen molar-refractivity contribution in [3.63, 3.8) is 0 Å². The maximum Gasteiger partial charge on any atom is 0.303 e. The first-order valence-corrected chi connectivity index (χ1v) is 4.76. The third-order valence-corrected chi connectivity index (χ3v) is 1.74.